The van der Waals surface area contributed by atoms with E-state index in [1.807, 2.05) is 55.3 Å². The molecule has 1 saturated heterocycles. The number of carbonyl (C=O) groups excluding carboxylic acids is 2. The van der Waals surface area contributed by atoms with Crippen molar-refractivity contribution in [3.05, 3.63) is 65.7 Å². The van der Waals surface area contributed by atoms with Gasteiger partial charge in [-0.05, 0) is 44.0 Å². The topological polar surface area (TPSA) is 49.9 Å². The van der Waals surface area contributed by atoms with E-state index in [-0.39, 0.29) is 36.7 Å². The first-order valence-electron chi connectivity index (χ1n) is 10.9. The first-order valence-corrected chi connectivity index (χ1v) is 10.9. The molecule has 0 unspecified atom stereocenters. The van der Waals surface area contributed by atoms with Crippen molar-refractivity contribution < 1.29 is 14.3 Å². The van der Waals surface area contributed by atoms with Crippen molar-refractivity contribution in [2.24, 2.45) is 0 Å². The Hall–Kier alpha value is -2.37. The lowest BCUT2D eigenvalue weighted by Crippen LogP contribution is -2.39. The fourth-order valence-corrected chi connectivity index (χ4v) is 3.93. The minimum atomic E-state index is -0.262. The van der Waals surface area contributed by atoms with Gasteiger partial charge in [0.05, 0.1) is 12.5 Å². The molecule has 2 aromatic rings. The number of amides is 1. The summed E-state index contributed by atoms with van der Waals surface area (Å²) in [5.41, 5.74) is 1.88. The van der Waals surface area contributed by atoms with Gasteiger partial charge in [0.15, 0.2) is 0 Å². The fraction of sp³-hybridized carbons (Fsp3) is 0.440. The summed E-state index contributed by atoms with van der Waals surface area (Å²) in [5, 5.41) is 0. The lowest BCUT2D eigenvalue weighted by Gasteiger charge is -2.32. The zero-order valence-corrected chi connectivity index (χ0v) is 19.3. The second-order valence-electron chi connectivity index (χ2n) is 7.95. The molecule has 0 bridgehead atoms. The van der Waals surface area contributed by atoms with Crippen LogP contribution in [0.4, 0.5) is 0 Å². The number of rotatable bonds is 9. The maximum absolute atomic E-state index is 13.2. The quantitative estimate of drug-likeness (QED) is 0.417. The zero-order chi connectivity index (χ0) is 21.3. The maximum Gasteiger partial charge on any atom is 0.311 e. The standard InChI is InChI=1S/C25H32N2O3.ClH/c1-3-11-25(29)30-23-15-8-7-14-21(23)18-24(28)26(2)22(19-27-16-9-10-17-27)20-12-5-4-6-13-20;/h4-8,12-15,22H,3,9-11,16-19H2,1-2H3;1H/t22-;/m1./s1. The molecule has 5 nitrogen and oxygen atoms in total. The second kappa shape index (κ2) is 12.5. The van der Waals surface area contributed by atoms with E-state index in [1.54, 1.807) is 6.07 Å². The predicted octanol–water partition coefficient (Wildman–Crippen LogP) is 4.65. The fourth-order valence-electron chi connectivity index (χ4n) is 3.93. The van der Waals surface area contributed by atoms with Crippen LogP contribution in [0.1, 0.15) is 49.8 Å². The van der Waals surface area contributed by atoms with E-state index < -0.39 is 0 Å². The van der Waals surface area contributed by atoms with Gasteiger partial charge in [0.25, 0.3) is 0 Å². The van der Waals surface area contributed by atoms with Crippen molar-refractivity contribution in [1.29, 1.82) is 0 Å². The van der Waals surface area contributed by atoms with Crippen LogP contribution in [0.2, 0.25) is 0 Å². The summed E-state index contributed by atoms with van der Waals surface area (Å²) in [6, 6.07) is 17.5. The smallest absolute Gasteiger partial charge is 0.311 e. The summed E-state index contributed by atoms with van der Waals surface area (Å²) in [6.07, 6.45) is 3.74. The number of hydrogen-bond acceptors (Lipinski definition) is 4. The zero-order valence-electron chi connectivity index (χ0n) is 18.5. The van der Waals surface area contributed by atoms with Gasteiger partial charge >= 0.3 is 5.97 Å². The maximum atomic E-state index is 13.2. The lowest BCUT2D eigenvalue weighted by atomic mass is 10.0. The number of carbonyl (C=O) groups is 2. The molecule has 1 fully saturated rings. The third-order valence-electron chi connectivity index (χ3n) is 5.67. The van der Waals surface area contributed by atoms with Crippen molar-refractivity contribution >= 4 is 24.3 Å². The van der Waals surface area contributed by atoms with Gasteiger partial charge in [0.2, 0.25) is 5.91 Å². The highest BCUT2D eigenvalue weighted by atomic mass is 35.5. The average molecular weight is 445 g/mol. The Balaban J connectivity index is 0.00000341. The molecule has 2 aromatic carbocycles. The van der Waals surface area contributed by atoms with E-state index in [9.17, 15) is 9.59 Å². The highest BCUT2D eigenvalue weighted by Gasteiger charge is 2.26. The largest absolute Gasteiger partial charge is 0.426 e. The highest BCUT2D eigenvalue weighted by molar-refractivity contribution is 5.85. The Morgan fingerprint density at radius 2 is 1.68 bits per heavy atom. The van der Waals surface area contributed by atoms with Crippen molar-refractivity contribution in [3.8, 4) is 5.75 Å². The summed E-state index contributed by atoms with van der Waals surface area (Å²) in [5.74, 6) is 0.234. The number of esters is 1. The minimum Gasteiger partial charge on any atom is -0.426 e. The van der Waals surface area contributed by atoms with Crippen LogP contribution in [0.25, 0.3) is 0 Å². The number of nitrogens with zero attached hydrogens (tertiary/aromatic N) is 2. The number of ether oxygens (including phenoxy) is 1. The van der Waals surface area contributed by atoms with Crippen LogP contribution in [-0.4, -0.2) is 48.4 Å². The summed E-state index contributed by atoms with van der Waals surface area (Å²) in [4.78, 5) is 29.5. The SMILES string of the molecule is CCCC(=O)Oc1ccccc1CC(=O)N(C)[C@H](CN1CCCC1)c1ccccc1.Cl. The Bertz CT molecular complexity index is 838. The van der Waals surface area contributed by atoms with Crippen LogP contribution in [-0.2, 0) is 16.0 Å². The summed E-state index contributed by atoms with van der Waals surface area (Å²) >= 11 is 0. The molecule has 6 heteroatoms. The second-order valence-corrected chi connectivity index (χ2v) is 7.95. The molecule has 31 heavy (non-hydrogen) atoms. The van der Waals surface area contributed by atoms with Gasteiger partial charge in [0.1, 0.15) is 5.75 Å². The van der Waals surface area contributed by atoms with Crippen molar-refractivity contribution in [1.82, 2.24) is 9.80 Å². The first-order chi connectivity index (χ1) is 14.6. The molecule has 1 atom stereocenters. The molecule has 0 saturated carbocycles. The normalized spacial score (nSPS) is 14.5. The minimum absolute atomic E-state index is 0. The Labute approximate surface area is 191 Å². The van der Waals surface area contributed by atoms with E-state index in [2.05, 4.69) is 17.0 Å². The summed E-state index contributed by atoms with van der Waals surface area (Å²) in [7, 11) is 1.88. The monoisotopic (exact) mass is 444 g/mol. The van der Waals surface area contributed by atoms with E-state index in [0.717, 1.165) is 37.2 Å². The molecule has 1 amide bonds. The van der Waals surface area contributed by atoms with Gasteiger partial charge in [0, 0.05) is 25.6 Å². The molecule has 0 aliphatic carbocycles. The summed E-state index contributed by atoms with van der Waals surface area (Å²) < 4.78 is 5.50. The van der Waals surface area contributed by atoms with Crippen molar-refractivity contribution in [2.75, 3.05) is 26.7 Å². The van der Waals surface area contributed by atoms with Gasteiger partial charge < -0.3 is 14.5 Å². The van der Waals surface area contributed by atoms with Crippen LogP contribution in [0.15, 0.2) is 54.6 Å². The molecular formula is C25H33ClN2O3. The van der Waals surface area contributed by atoms with Crippen molar-refractivity contribution in [2.45, 2.75) is 45.1 Å². The Kier molecular flexibility index (Phi) is 10.0. The molecule has 1 aliphatic rings. The van der Waals surface area contributed by atoms with Crippen LogP contribution in [0.5, 0.6) is 5.75 Å². The van der Waals surface area contributed by atoms with Gasteiger partial charge in [-0.2, -0.15) is 0 Å². The molecule has 1 aliphatic heterocycles. The van der Waals surface area contributed by atoms with Gasteiger partial charge in [-0.1, -0.05) is 55.5 Å². The molecule has 0 aromatic heterocycles. The van der Waals surface area contributed by atoms with E-state index in [1.165, 1.54) is 12.8 Å². The number of benzene rings is 2. The first kappa shape index (κ1) is 24.9. The van der Waals surface area contributed by atoms with Crippen LogP contribution in [0, 0.1) is 0 Å². The van der Waals surface area contributed by atoms with Crippen LogP contribution >= 0.6 is 12.4 Å². The van der Waals surface area contributed by atoms with Crippen LogP contribution < -0.4 is 4.74 Å². The number of likely N-dealkylation sites (N-methyl/N-ethyl adjacent to an activating group) is 1. The molecule has 0 radical (unpaired) electrons. The molecule has 3 rings (SSSR count). The van der Waals surface area contributed by atoms with Crippen molar-refractivity contribution in [3.63, 3.8) is 0 Å². The number of para-hydroxylation sites is 1. The van der Waals surface area contributed by atoms with Gasteiger partial charge in [-0.15, -0.1) is 12.4 Å². The molecule has 0 spiro atoms. The molecular weight excluding hydrogens is 412 g/mol. The predicted molar refractivity (Wildman–Crippen MR) is 126 cm³/mol. The third-order valence-corrected chi connectivity index (χ3v) is 5.67. The molecule has 1 heterocycles. The van der Waals surface area contributed by atoms with E-state index in [4.69, 9.17) is 4.74 Å². The Morgan fingerprint density at radius 1 is 1.03 bits per heavy atom. The number of halogens is 1. The molecule has 168 valence electrons. The lowest BCUT2D eigenvalue weighted by molar-refractivity contribution is -0.135. The summed E-state index contributed by atoms with van der Waals surface area (Å²) in [6.45, 7) is 4.94. The van der Waals surface area contributed by atoms with Gasteiger partial charge in [-0.3, -0.25) is 9.59 Å². The van der Waals surface area contributed by atoms with E-state index >= 15 is 0 Å². The Morgan fingerprint density at radius 3 is 2.35 bits per heavy atom. The number of likely N-dealkylation sites (tertiary alicyclic amines) is 1. The van der Waals surface area contributed by atoms with E-state index in [0.29, 0.717) is 12.2 Å². The van der Waals surface area contributed by atoms with Crippen LogP contribution in [0.3, 0.4) is 0 Å². The highest BCUT2D eigenvalue weighted by Crippen LogP contribution is 2.25. The third kappa shape index (κ3) is 7.08. The van der Waals surface area contributed by atoms with Gasteiger partial charge in [-0.25, -0.2) is 0 Å². The number of hydrogen-bond donors (Lipinski definition) is 0. The molecule has 0 N–H and O–H groups in total. The average Bonchev–Trinajstić information content (AvgIpc) is 3.27.